The van der Waals surface area contributed by atoms with Gasteiger partial charge in [-0.05, 0) is 49.0 Å². The van der Waals surface area contributed by atoms with Gasteiger partial charge in [-0.1, -0.05) is 35.0 Å². The van der Waals surface area contributed by atoms with Gasteiger partial charge in [-0.3, -0.25) is 0 Å². The van der Waals surface area contributed by atoms with Crippen molar-refractivity contribution < 1.29 is 0 Å². The fourth-order valence-corrected chi connectivity index (χ4v) is 1.97. The molecule has 0 aliphatic carbocycles. The molecule has 1 aromatic carbocycles. The summed E-state index contributed by atoms with van der Waals surface area (Å²) in [6.45, 7) is 5.58. The van der Waals surface area contributed by atoms with Gasteiger partial charge >= 0.3 is 0 Å². The van der Waals surface area contributed by atoms with Crippen molar-refractivity contribution in [3.8, 4) is 0 Å². The third kappa shape index (κ3) is 3.03. The molecule has 1 rings (SSSR count). The third-order valence-electron chi connectivity index (χ3n) is 3.02. The summed E-state index contributed by atoms with van der Waals surface area (Å²) in [6, 6.07) is 6.43. The largest absolute Gasteiger partial charge is 0.330 e. The number of nitrogens with two attached hydrogens (primary N) is 2. The smallest absolute Gasteiger partial charge is 0.0204 e. The average molecular weight is 271 g/mol. The summed E-state index contributed by atoms with van der Waals surface area (Å²) in [5, 5.41) is 0. The normalized spacial score (nSPS) is 13.2. The lowest BCUT2D eigenvalue weighted by Gasteiger charge is -2.21. The van der Waals surface area contributed by atoms with Crippen LogP contribution < -0.4 is 11.5 Å². The number of benzene rings is 1. The maximum atomic E-state index is 5.70. The van der Waals surface area contributed by atoms with Crippen molar-refractivity contribution in [3.63, 3.8) is 0 Å². The number of hydrogen-bond acceptors (Lipinski definition) is 2. The molecule has 4 N–H and O–H groups in total. The average Bonchev–Trinajstić information content (AvgIpc) is 2.23. The van der Waals surface area contributed by atoms with Crippen molar-refractivity contribution in [3.05, 3.63) is 33.8 Å². The van der Waals surface area contributed by atoms with Crippen molar-refractivity contribution in [1.29, 1.82) is 0 Å². The van der Waals surface area contributed by atoms with E-state index < -0.39 is 0 Å². The molecular formula is C12H19BrN2. The van der Waals surface area contributed by atoms with Gasteiger partial charge in [0.2, 0.25) is 0 Å². The van der Waals surface area contributed by atoms with E-state index in [1.54, 1.807) is 0 Å². The maximum Gasteiger partial charge on any atom is 0.0204 e. The molecule has 0 fully saturated rings. The number of rotatable bonds is 4. The minimum absolute atomic E-state index is 0.366. The lowest BCUT2D eigenvalue weighted by molar-refractivity contribution is 0.466. The van der Waals surface area contributed by atoms with Gasteiger partial charge < -0.3 is 11.5 Å². The zero-order valence-electron chi connectivity index (χ0n) is 9.33. The van der Waals surface area contributed by atoms with E-state index in [0.717, 1.165) is 4.47 Å². The molecule has 0 heterocycles. The van der Waals surface area contributed by atoms with Gasteiger partial charge in [-0.2, -0.15) is 0 Å². The summed E-state index contributed by atoms with van der Waals surface area (Å²) in [5.74, 6) is 0.789. The summed E-state index contributed by atoms with van der Waals surface area (Å²) >= 11 is 3.50. The molecule has 0 saturated carbocycles. The SMILES string of the molecule is Cc1cc(C(C)C(CN)CN)ccc1Br. The highest BCUT2D eigenvalue weighted by Crippen LogP contribution is 2.26. The Kier molecular flexibility index (Phi) is 4.77. The maximum absolute atomic E-state index is 5.70. The lowest BCUT2D eigenvalue weighted by Crippen LogP contribution is -2.27. The minimum atomic E-state index is 0.366. The Hall–Kier alpha value is -0.380. The lowest BCUT2D eigenvalue weighted by atomic mass is 9.87. The van der Waals surface area contributed by atoms with Crippen LogP contribution in [0.4, 0.5) is 0 Å². The molecule has 3 heteroatoms. The van der Waals surface area contributed by atoms with Gasteiger partial charge in [0.25, 0.3) is 0 Å². The Bertz CT molecular complexity index is 321. The standard InChI is InChI=1S/C12H19BrN2/c1-8-5-10(3-4-12(8)13)9(2)11(6-14)7-15/h3-5,9,11H,6-7,14-15H2,1-2H3. The Morgan fingerprint density at radius 2 is 1.87 bits per heavy atom. The summed E-state index contributed by atoms with van der Waals surface area (Å²) in [5.41, 5.74) is 14.0. The molecule has 0 amide bonds. The molecule has 1 unspecified atom stereocenters. The molecule has 1 aromatic rings. The number of aryl methyl sites for hydroxylation is 1. The van der Waals surface area contributed by atoms with Crippen molar-refractivity contribution in [2.45, 2.75) is 19.8 Å². The predicted molar refractivity (Wildman–Crippen MR) is 68.9 cm³/mol. The quantitative estimate of drug-likeness (QED) is 0.883. The van der Waals surface area contributed by atoms with Gasteiger partial charge in [-0.25, -0.2) is 0 Å². The van der Waals surface area contributed by atoms with Crippen LogP contribution in [-0.4, -0.2) is 13.1 Å². The summed E-state index contributed by atoms with van der Waals surface area (Å²) in [6.07, 6.45) is 0. The zero-order valence-corrected chi connectivity index (χ0v) is 10.9. The Labute approximate surface area is 100 Å². The highest BCUT2D eigenvalue weighted by Gasteiger charge is 2.16. The molecule has 0 aromatic heterocycles. The van der Waals surface area contributed by atoms with Crippen LogP contribution in [0.25, 0.3) is 0 Å². The molecule has 0 bridgehead atoms. The van der Waals surface area contributed by atoms with Crippen LogP contribution >= 0.6 is 15.9 Å². The summed E-state index contributed by atoms with van der Waals surface area (Å²) in [4.78, 5) is 0. The van der Waals surface area contributed by atoms with Gasteiger partial charge in [0.15, 0.2) is 0 Å². The topological polar surface area (TPSA) is 52.0 Å². The number of hydrogen-bond donors (Lipinski definition) is 2. The first-order chi connectivity index (χ1) is 7.10. The van der Waals surface area contributed by atoms with Crippen LogP contribution in [0.5, 0.6) is 0 Å². The van der Waals surface area contributed by atoms with Gasteiger partial charge in [0.1, 0.15) is 0 Å². The van der Waals surface area contributed by atoms with E-state index in [9.17, 15) is 0 Å². The molecule has 84 valence electrons. The van der Waals surface area contributed by atoms with Crippen LogP contribution in [0.15, 0.2) is 22.7 Å². The van der Waals surface area contributed by atoms with E-state index in [0.29, 0.717) is 24.9 Å². The first-order valence-corrected chi connectivity index (χ1v) is 6.05. The molecule has 0 radical (unpaired) electrons. The summed E-state index contributed by atoms with van der Waals surface area (Å²) in [7, 11) is 0. The molecule has 1 atom stereocenters. The zero-order chi connectivity index (χ0) is 11.4. The molecular weight excluding hydrogens is 252 g/mol. The van der Waals surface area contributed by atoms with E-state index in [-0.39, 0.29) is 0 Å². The molecule has 0 saturated heterocycles. The van der Waals surface area contributed by atoms with Crippen LogP contribution in [0.1, 0.15) is 24.0 Å². The molecule has 15 heavy (non-hydrogen) atoms. The second kappa shape index (κ2) is 5.64. The molecule has 0 spiro atoms. The van der Waals surface area contributed by atoms with Gasteiger partial charge in [-0.15, -0.1) is 0 Å². The second-order valence-corrected chi connectivity index (χ2v) is 4.88. The highest BCUT2D eigenvalue weighted by molar-refractivity contribution is 9.10. The molecule has 2 nitrogen and oxygen atoms in total. The van der Waals surface area contributed by atoms with Crippen LogP contribution in [0.2, 0.25) is 0 Å². The fourth-order valence-electron chi connectivity index (χ4n) is 1.73. The van der Waals surface area contributed by atoms with E-state index in [1.807, 2.05) is 0 Å². The van der Waals surface area contributed by atoms with Gasteiger partial charge in [0, 0.05) is 4.47 Å². The Balaban J connectivity index is 2.90. The fraction of sp³-hybridized carbons (Fsp3) is 0.500. The Morgan fingerprint density at radius 1 is 1.27 bits per heavy atom. The van der Waals surface area contributed by atoms with Crippen molar-refractivity contribution in [2.24, 2.45) is 17.4 Å². The molecule has 0 aliphatic heterocycles. The van der Waals surface area contributed by atoms with Crippen LogP contribution in [-0.2, 0) is 0 Å². The first kappa shape index (κ1) is 12.7. The van der Waals surface area contributed by atoms with E-state index in [4.69, 9.17) is 11.5 Å². The van der Waals surface area contributed by atoms with Crippen LogP contribution in [0, 0.1) is 12.8 Å². The van der Waals surface area contributed by atoms with Crippen molar-refractivity contribution in [1.82, 2.24) is 0 Å². The monoisotopic (exact) mass is 270 g/mol. The third-order valence-corrected chi connectivity index (χ3v) is 3.91. The minimum Gasteiger partial charge on any atom is -0.330 e. The molecule has 0 aliphatic rings. The Morgan fingerprint density at radius 3 is 2.33 bits per heavy atom. The first-order valence-electron chi connectivity index (χ1n) is 5.26. The van der Waals surface area contributed by atoms with Crippen molar-refractivity contribution in [2.75, 3.05) is 13.1 Å². The highest BCUT2D eigenvalue weighted by atomic mass is 79.9. The van der Waals surface area contributed by atoms with E-state index in [1.165, 1.54) is 11.1 Å². The van der Waals surface area contributed by atoms with Gasteiger partial charge in [0.05, 0.1) is 0 Å². The second-order valence-electron chi connectivity index (χ2n) is 4.03. The van der Waals surface area contributed by atoms with Crippen LogP contribution in [0.3, 0.4) is 0 Å². The number of halogens is 1. The predicted octanol–water partition coefficient (Wildman–Crippen LogP) is 2.39. The van der Waals surface area contributed by atoms with Crippen molar-refractivity contribution >= 4 is 15.9 Å². The van der Waals surface area contributed by atoms with E-state index >= 15 is 0 Å². The summed E-state index contributed by atoms with van der Waals surface area (Å²) < 4.78 is 1.15. The van der Waals surface area contributed by atoms with E-state index in [2.05, 4.69) is 48.0 Å².